The molecule has 1 atom stereocenters. The second kappa shape index (κ2) is 5.29. The number of hydrogen-bond acceptors (Lipinski definition) is 4. The zero-order valence-corrected chi connectivity index (χ0v) is 10.6. The summed E-state index contributed by atoms with van der Waals surface area (Å²) < 4.78 is 22.9. The monoisotopic (exact) mass is 251 g/mol. The van der Waals surface area contributed by atoms with E-state index in [2.05, 4.69) is 0 Å². The molecule has 0 aliphatic heterocycles. The van der Waals surface area contributed by atoms with Gasteiger partial charge in [-0.2, -0.15) is 0 Å². The molecule has 0 aliphatic carbocycles. The molecule has 7 heteroatoms. The molecule has 16 heavy (non-hydrogen) atoms. The minimum atomic E-state index is -3.49. The number of carbonyl (C=O) groups is 2. The van der Waals surface area contributed by atoms with E-state index in [1.807, 2.05) is 0 Å². The van der Waals surface area contributed by atoms with Crippen molar-refractivity contribution in [3.63, 3.8) is 0 Å². The average Bonchev–Trinajstić information content (AvgIpc) is 2.14. The van der Waals surface area contributed by atoms with Crippen LogP contribution in [-0.4, -0.2) is 54.4 Å². The number of hydrogen-bond donors (Lipinski definition) is 1. The first kappa shape index (κ1) is 14.9. The van der Waals surface area contributed by atoms with E-state index in [9.17, 15) is 18.0 Å². The average molecular weight is 251 g/mol. The summed E-state index contributed by atoms with van der Waals surface area (Å²) in [6, 6.07) is -1.03. The van der Waals surface area contributed by atoms with Crippen LogP contribution in [0.2, 0.25) is 0 Å². The number of carboxylic acid groups (broad SMARTS) is 1. The lowest BCUT2D eigenvalue weighted by Crippen LogP contribution is -2.43. The molecular formula is C9H17NO5S. The summed E-state index contributed by atoms with van der Waals surface area (Å²) in [4.78, 5) is 23.0. The molecule has 1 amide bonds. The first-order valence-electron chi connectivity index (χ1n) is 4.79. The molecule has 0 bridgehead atoms. The fraction of sp³-hybridized carbons (Fsp3) is 0.778. The molecule has 0 saturated heterocycles. The van der Waals surface area contributed by atoms with Gasteiger partial charge in [0.2, 0.25) is 5.91 Å². The lowest BCUT2D eigenvalue weighted by molar-refractivity contribution is -0.147. The number of carbonyl (C=O) groups excluding carboxylic acids is 1. The van der Waals surface area contributed by atoms with E-state index in [0.29, 0.717) is 0 Å². The van der Waals surface area contributed by atoms with E-state index in [0.717, 1.165) is 4.90 Å². The molecule has 0 aliphatic rings. The number of likely N-dealkylation sites (N-methyl/N-ethyl adjacent to an activating group) is 1. The van der Waals surface area contributed by atoms with Crippen LogP contribution in [0.5, 0.6) is 0 Å². The second-order valence-electron chi connectivity index (χ2n) is 3.87. The van der Waals surface area contributed by atoms with Gasteiger partial charge in [-0.1, -0.05) is 0 Å². The number of amides is 1. The van der Waals surface area contributed by atoms with E-state index >= 15 is 0 Å². The van der Waals surface area contributed by atoms with Gasteiger partial charge in [-0.15, -0.1) is 0 Å². The summed E-state index contributed by atoms with van der Waals surface area (Å²) in [7, 11) is -2.21. The molecule has 0 heterocycles. The minimum Gasteiger partial charge on any atom is -0.480 e. The molecule has 6 nitrogen and oxygen atoms in total. The quantitative estimate of drug-likeness (QED) is 0.727. The Morgan fingerprint density at radius 3 is 2.00 bits per heavy atom. The van der Waals surface area contributed by atoms with E-state index in [1.54, 1.807) is 0 Å². The lowest BCUT2D eigenvalue weighted by Gasteiger charge is -2.21. The van der Waals surface area contributed by atoms with Crippen LogP contribution in [0.3, 0.4) is 0 Å². The van der Waals surface area contributed by atoms with Gasteiger partial charge in [-0.3, -0.25) is 4.79 Å². The zero-order valence-electron chi connectivity index (χ0n) is 9.80. The van der Waals surface area contributed by atoms with E-state index in [4.69, 9.17) is 5.11 Å². The number of rotatable bonds is 5. The van der Waals surface area contributed by atoms with Crippen molar-refractivity contribution in [1.82, 2.24) is 4.90 Å². The molecule has 0 spiro atoms. The smallest absolute Gasteiger partial charge is 0.326 e. The van der Waals surface area contributed by atoms with Gasteiger partial charge in [0.1, 0.15) is 11.8 Å². The molecule has 0 saturated carbocycles. The van der Waals surface area contributed by atoms with Crippen molar-refractivity contribution >= 4 is 21.7 Å². The van der Waals surface area contributed by atoms with Crippen molar-refractivity contribution in [1.29, 1.82) is 0 Å². The zero-order chi connectivity index (χ0) is 13.1. The molecule has 0 rings (SSSR count). The normalized spacial score (nSPS) is 13.6. The third-order valence-electron chi connectivity index (χ3n) is 2.37. The van der Waals surface area contributed by atoms with Crippen LogP contribution >= 0.6 is 0 Å². The number of nitrogens with zero attached hydrogens (tertiary/aromatic N) is 1. The van der Waals surface area contributed by atoms with Crippen LogP contribution in [-0.2, 0) is 19.4 Å². The van der Waals surface area contributed by atoms with Gasteiger partial charge >= 0.3 is 5.97 Å². The molecule has 0 fully saturated rings. The standard InChI is InChI=1S/C9H17NO5S/c1-6(2)16(14,15)5-8(11)10(4)7(3)9(12)13/h6-7H,5H2,1-4H3,(H,12,13). The fourth-order valence-corrected chi connectivity index (χ4v) is 1.70. The van der Waals surface area contributed by atoms with Gasteiger partial charge < -0.3 is 10.0 Å². The Hall–Kier alpha value is -1.11. The summed E-state index contributed by atoms with van der Waals surface area (Å²) in [5.41, 5.74) is 0. The van der Waals surface area contributed by atoms with Crippen molar-refractivity contribution in [3.8, 4) is 0 Å². The highest BCUT2D eigenvalue weighted by atomic mass is 32.2. The summed E-state index contributed by atoms with van der Waals surface area (Å²) in [6.07, 6.45) is 0. The molecule has 94 valence electrons. The summed E-state index contributed by atoms with van der Waals surface area (Å²) >= 11 is 0. The van der Waals surface area contributed by atoms with Gasteiger partial charge in [-0.25, -0.2) is 13.2 Å². The van der Waals surface area contributed by atoms with Crippen LogP contribution in [0.1, 0.15) is 20.8 Å². The summed E-state index contributed by atoms with van der Waals surface area (Å²) in [5, 5.41) is 8.02. The fourth-order valence-electron chi connectivity index (χ4n) is 0.822. The second-order valence-corrected chi connectivity index (χ2v) is 6.43. The molecule has 0 aromatic rings. The molecule has 0 radical (unpaired) electrons. The molecule has 1 unspecified atom stereocenters. The van der Waals surface area contributed by atoms with Crippen molar-refractivity contribution in [2.45, 2.75) is 32.1 Å². The number of sulfone groups is 1. The Bertz CT molecular complexity index is 373. The van der Waals surface area contributed by atoms with E-state index in [1.165, 1.54) is 27.8 Å². The van der Waals surface area contributed by atoms with Crippen LogP contribution in [0.4, 0.5) is 0 Å². The number of aliphatic carboxylic acids is 1. The Labute approximate surface area is 95.2 Å². The van der Waals surface area contributed by atoms with Gasteiger partial charge in [0.25, 0.3) is 0 Å². The largest absolute Gasteiger partial charge is 0.480 e. The van der Waals surface area contributed by atoms with Crippen LogP contribution in [0, 0.1) is 0 Å². The Morgan fingerprint density at radius 2 is 1.69 bits per heavy atom. The van der Waals surface area contributed by atoms with E-state index in [-0.39, 0.29) is 0 Å². The third kappa shape index (κ3) is 3.80. The van der Waals surface area contributed by atoms with Crippen molar-refractivity contribution in [2.24, 2.45) is 0 Å². The molecule has 0 aromatic heterocycles. The highest BCUT2D eigenvalue weighted by Gasteiger charge is 2.27. The Morgan fingerprint density at radius 1 is 1.25 bits per heavy atom. The van der Waals surface area contributed by atoms with Crippen LogP contribution < -0.4 is 0 Å². The molecular weight excluding hydrogens is 234 g/mol. The topological polar surface area (TPSA) is 91.8 Å². The van der Waals surface area contributed by atoms with Gasteiger partial charge in [0, 0.05) is 7.05 Å². The maximum absolute atomic E-state index is 11.5. The molecule has 0 aromatic carbocycles. The number of carboxylic acids is 1. The van der Waals surface area contributed by atoms with Crippen molar-refractivity contribution in [3.05, 3.63) is 0 Å². The minimum absolute atomic E-state index is 0.648. The maximum Gasteiger partial charge on any atom is 0.326 e. The van der Waals surface area contributed by atoms with E-state index < -0.39 is 38.8 Å². The third-order valence-corrected chi connectivity index (χ3v) is 4.46. The maximum atomic E-state index is 11.5. The van der Waals surface area contributed by atoms with Crippen LogP contribution in [0.15, 0.2) is 0 Å². The van der Waals surface area contributed by atoms with Crippen molar-refractivity contribution in [2.75, 3.05) is 12.8 Å². The lowest BCUT2D eigenvalue weighted by atomic mass is 10.3. The predicted octanol–water partition coefficient (Wildman–Crippen LogP) is -0.259. The summed E-state index contributed by atoms with van der Waals surface area (Å²) in [5.74, 6) is -2.53. The van der Waals surface area contributed by atoms with Gasteiger partial charge in [-0.05, 0) is 20.8 Å². The first-order chi connectivity index (χ1) is 7.09. The van der Waals surface area contributed by atoms with Gasteiger partial charge in [0.05, 0.1) is 5.25 Å². The SMILES string of the molecule is CC(C(=O)O)N(C)C(=O)CS(=O)(=O)C(C)C. The predicted molar refractivity (Wildman–Crippen MR) is 58.8 cm³/mol. The highest BCUT2D eigenvalue weighted by Crippen LogP contribution is 2.04. The van der Waals surface area contributed by atoms with Crippen molar-refractivity contribution < 1.29 is 23.1 Å². The molecule has 1 N–H and O–H groups in total. The summed E-state index contributed by atoms with van der Waals surface area (Å²) in [6.45, 7) is 4.27. The Kier molecular flexibility index (Phi) is 4.92. The van der Waals surface area contributed by atoms with Gasteiger partial charge in [0.15, 0.2) is 9.84 Å². The van der Waals surface area contributed by atoms with Crippen LogP contribution in [0.25, 0.3) is 0 Å². The highest BCUT2D eigenvalue weighted by molar-refractivity contribution is 7.92. The first-order valence-corrected chi connectivity index (χ1v) is 6.51. The Balaban J connectivity index is 4.67.